The lowest BCUT2D eigenvalue weighted by atomic mass is 10.3. The molecule has 14 heavy (non-hydrogen) atoms. The maximum atomic E-state index is 5.86. The van der Waals surface area contributed by atoms with Crippen molar-refractivity contribution in [2.24, 2.45) is 5.73 Å². The van der Waals surface area contributed by atoms with E-state index in [0.717, 1.165) is 31.8 Å². The van der Waals surface area contributed by atoms with Gasteiger partial charge in [-0.15, -0.1) is 11.3 Å². The van der Waals surface area contributed by atoms with Gasteiger partial charge in [-0.2, -0.15) is 0 Å². The van der Waals surface area contributed by atoms with E-state index in [9.17, 15) is 0 Å². The van der Waals surface area contributed by atoms with Crippen molar-refractivity contribution in [3.05, 3.63) is 16.3 Å². The Morgan fingerprint density at radius 1 is 1.71 bits per heavy atom. The SMILES string of the molecule is COc1ccsc1CN1CC[C@H](N)C1. The monoisotopic (exact) mass is 212 g/mol. The van der Waals surface area contributed by atoms with Crippen molar-refractivity contribution in [2.45, 2.75) is 19.0 Å². The van der Waals surface area contributed by atoms with Crippen LogP contribution in [0.5, 0.6) is 5.75 Å². The van der Waals surface area contributed by atoms with Crippen LogP contribution in [0.3, 0.4) is 0 Å². The Labute approximate surface area is 88.5 Å². The molecule has 2 heterocycles. The topological polar surface area (TPSA) is 38.5 Å². The van der Waals surface area contributed by atoms with Crippen LogP contribution < -0.4 is 10.5 Å². The van der Waals surface area contributed by atoms with Gasteiger partial charge < -0.3 is 10.5 Å². The Bertz CT molecular complexity index is 300. The summed E-state index contributed by atoms with van der Waals surface area (Å²) >= 11 is 1.75. The van der Waals surface area contributed by atoms with Gasteiger partial charge in [-0.05, 0) is 17.9 Å². The number of methoxy groups -OCH3 is 1. The smallest absolute Gasteiger partial charge is 0.134 e. The highest BCUT2D eigenvalue weighted by Crippen LogP contribution is 2.26. The fourth-order valence-electron chi connectivity index (χ4n) is 1.84. The zero-order chi connectivity index (χ0) is 9.97. The fraction of sp³-hybridized carbons (Fsp3) is 0.600. The van der Waals surface area contributed by atoms with Crippen LogP contribution in [0.1, 0.15) is 11.3 Å². The van der Waals surface area contributed by atoms with E-state index in [0.29, 0.717) is 6.04 Å². The van der Waals surface area contributed by atoms with Gasteiger partial charge in [0.05, 0.1) is 12.0 Å². The third-order valence-electron chi connectivity index (χ3n) is 2.60. The van der Waals surface area contributed by atoms with Crippen LogP contribution in [-0.4, -0.2) is 31.1 Å². The van der Waals surface area contributed by atoms with Crippen LogP contribution >= 0.6 is 11.3 Å². The summed E-state index contributed by atoms with van der Waals surface area (Å²) in [6.07, 6.45) is 1.12. The van der Waals surface area contributed by atoms with Crippen LogP contribution in [0.15, 0.2) is 11.4 Å². The molecule has 0 unspecified atom stereocenters. The molecule has 0 radical (unpaired) electrons. The second-order valence-corrected chi connectivity index (χ2v) is 4.70. The zero-order valence-corrected chi connectivity index (χ0v) is 9.22. The highest BCUT2D eigenvalue weighted by atomic mass is 32.1. The van der Waals surface area contributed by atoms with E-state index in [-0.39, 0.29) is 0 Å². The minimum atomic E-state index is 0.362. The van der Waals surface area contributed by atoms with Gasteiger partial charge in [0.1, 0.15) is 5.75 Å². The van der Waals surface area contributed by atoms with Gasteiger partial charge >= 0.3 is 0 Å². The van der Waals surface area contributed by atoms with E-state index in [1.165, 1.54) is 4.88 Å². The molecular formula is C10H16N2OS. The molecule has 1 aliphatic rings. The van der Waals surface area contributed by atoms with Gasteiger partial charge in [-0.1, -0.05) is 0 Å². The van der Waals surface area contributed by atoms with Crippen molar-refractivity contribution >= 4 is 11.3 Å². The lowest BCUT2D eigenvalue weighted by Crippen LogP contribution is -2.26. The number of nitrogens with zero attached hydrogens (tertiary/aromatic N) is 1. The van der Waals surface area contributed by atoms with Crippen molar-refractivity contribution in [1.82, 2.24) is 4.90 Å². The van der Waals surface area contributed by atoms with Gasteiger partial charge in [-0.3, -0.25) is 4.90 Å². The van der Waals surface area contributed by atoms with Crippen molar-refractivity contribution in [2.75, 3.05) is 20.2 Å². The second kappa shape index (κ2) is 4.29. The molecule has 0 amide bonds. The summed E-state index contributed by atoms with van der Waals surface area (Å²) in [5.74, 6) is 1.01. The molecule has 4 heteroatoms. The molecule has 1 aromatic heterocycles. The lowest BCUT2D eigenvalue weighted by Gasteiger charge is -2.14. The summed E-state index contributed by atoms with van der Waals surface area (Å²) < 4.78 is 5.27. The molecular weight excluding hydrogens is 196 g/mol. The van der Waals surface area contributed by atoms with Crippen LogP contribution in [0.25, 0.3) is 0 Å². The first-order chi connectivity index (χ1) is 6.79. The molecule has 78 valence electrons. The Hall–Kier alpha value is -0.580. The van der Waals surface area contributed by atoms with Crippen LogP contribution in [-0.2, 0) is 6.54 Å². The van der Waals surface area contributed by atoms with Gasteiger partial charge in [0.15, 0.2) is 0 Å². The van der Waals surface area contributed by atoms with Crippen molar-refractivity contribution in [3.8, 4) is 5.75 Å². The number of ether oxygens (including phenoxy) is 1. The molecule has 1 saturated heterocycles. The molecule has 3 nitrogen and oxygen atoms in total. The van der Waals surface area contributed by atoms with Crippen molar-refractivity contribution in [3.63, 3.8) is 0 Å². The normalized spacial score (nSPS) is 22.9. The molecule has 1 aliphatic heterocycles. The van der Waals surface area contributed by atoms with Crippen LogP contribution in [0.2, 0.25) is 0 Å². The summed E-state index contributed by atoms with van der Waals surface area (Å²) in [4.78, 5) is 3.69. The highest BCUT2D eigenvalue weighted by Gasteiger charge is 2.20. The maximum Gasteiger partial charge on any atom is 0.134 e. The van der Waals surface area contributed by atoms with E-state index in [4.69, 9.17) is 10.5 Å². The first kappa shape index (κ1) is 9.96. The Morgan fingerprint density at radius 2 is 2.57 bits per heavy atom. The first-order valence-corrected chi connectivity index (χ1v) is 5.76. The number of rotatable bonds is 3. The number of likely N-dealkylation sites (tertiary alicyclic amines) is 1. The average molecular weight is 212 g/mol. The Kier molecular flexibility index (Phi) is 3.05. The van der Waals surface area contributed by atoms with Crippen molar-refractivity contribution < 1.29 is 4.74 Å². The molecule has 0 aliphatic carbocycles. The number of hydrogen-bond donors (Lipinski definition) is 1. The molecule has 1 aromatic rings. The molecule has 0 saturated carbocycles. The highest BCUT2D eigenvalue weighted by molar-refractivity contribution is 7.10. The summed E-state index contributed by atoms with van der Waals surface area (Å²) in [6, 6.07) is 2.39. The van der Waals surface area contributed by atoms with Crippen LogP contribution in [0, 0.1) is 0 Å². The van der Waals surface area contributed by atoms with Gasteiger partial charge in [0.25, 0.3) is 0 Å². The van der Waals surface area contributed by atoms with E-state index in [2.05, 4.69) is 10.3 Å². The molecule has 1 atom stereocenters. The second-order valence-electron chi connectivity index (χ2n) is 3.70. The largest absolute Gasteiger partial charge is 0.496 e. The van der Waals surface area contributed by atoms with E-state index in [1.807, 2.05) is 6.07 Å². The summed E-state index contributed by atoms with van der Waals surface area (Å²) in [6.45, 7) is 3.11. The molecule has 2 rings (SSSR count). The fourth-order valence-corrected chi connectivity index (χ4v) is 2.72. The molecule has 0 aromatic carbocycles. The molecule has 0 spiro atoms. The number of hydrogen-bond acceptors (Lipinski definition) is 4. The quantitative estimate of drug-likeness (QED) is 0.820. The van der Waals surface area contributed by atoms with Gasteiger partial charge in [-0.25, -0.2) is 0 Å². The zero-order valence-electron chi connectivity index (χ0n) is 8.40. The Morgan fingerprint density at radius 3 is 3.21 bits per heavy atom. The third kappa shape index (κ3) is 2.08. The lowest BCUT2D eigenvalue weighted by molar-refractivity contribution is 0.321. The number of thiophene rings is 1. The standard InChI is InChI=1S/C10H16N2OS/c1-13-9-3-5-14-10(9)7-12-4-2-8(11)6-12/h3,5,8H,2,4,6-7,11H2,1H3/t8-/m0/s1. The minimum absolute atomic E-state index is 0.362. The predicted octanol–water partition coefficient (Wildman–Crippen LogP) is 1.29. The third-order valence-corrected chi connectivity index (χ3v) is 3.49. The molecule has 1 fully saturated rings. The summed E-state index contributed by atoms with van der Waals surface area (Å²) in [5.41, 5.74) is 5.86. The maximum absolute atomic E-state index is 5.86. The average Bonchev–Trinajstić information content (AvgIpc) is 2.76. The van der Waals surface area contributed by atoms with E-state index in [1.54, 1.807) is 18.4 Å². The predicted molar refractivity (Wildman–Crippen MR) is 58.7 cm³/mol. The van der Waals surface area contributed by atoms with Crippen LogP contribution in [0.4, 0.5) is 0 Å². The molecule has 2 N–H and O–H groups in total. The molecule has 0 bridgehead atoms. The summed E-state index contributed by atoms with van der Waals surface area (Å²) in [7, 11) is 1.72. The Balaban J connectivity index is 1.97. The number of nitrogens with two attached hydrogens (primary N) is 1. The van der Waals surface area contributed by atoms with Gasteiger partial charge in [0, 0.05) is 25.7 Å². The van der Waals surface area contributed by atoms with E-state index < -0.39 is 0 Å². The van der Waals surface area contributed by atoms with E-state index >= 15 is 0 Å². The van der Waals surface area contributed by atoms with Crippen molar-refractivity contribution in [1.29, 1.82) is 0 Å². The first-order valence-electron chi connectivity index (χ1n) is 4.88. The summed E-state index contributed by atoms with van der Waals surface area (Å²) in [5, 5.41) is 2.07. The van der Waals surface area contributed by atoms with Gasteiger partial charge in [0.2, 0.25) is 0 Å². The minimum Gasteiger partial charge on any atom is -0.496 e.